The SMILES string of the molecule is O=Cc1ccc2c(c1)C(=O)c1c(O)cc(C=O)cc1C2=O. The molecule has 1 aliphatic rings. The van der Waals surface area contributed by atoms with Gasteiger partial charge in [-0.15, -0.1) is 0 Å². The fraction of sp³-hybridized carbons (Fsp3) is 0. The Kier molecular flexibility index (Phi) is 2.76. The van der Waals surface area contributed by atoms with Crippen molar-refractivity contribution in [2.45, 2.75) is 0 Å². The molecule has 0 saturated heterocycles. The standard InChI is InChI=1S/C16H8O5/c17-6-8-1-2-10-11(3-8)16(21)14-12(15(10)20)4-9(7-18)5-13(14)19/h1-7,19H. The van der Waals surface area contributed by atoms with Crippen molar-refractivity contribution in [3.8, 4) is 5.75 Å². The number of hydrogen-bond donors (Lipinski definition) is 1. The van der Waals surface area contributed by atoms with Gasteiger partial charge in [-0.2, -0.15) is 0 Å². The first-order chi connectivity index (χ1) is 10.1. The van der Waals surface area contributed by atoms with E-state index in [0.29, 0.717) is 12.6 Å². The quantitative estimate of drug-likeness (QED) is 0.723. The number of aldehydes is 2. The van der Waals surface area contributed by atoms with E-state index in [4.69, 9.17) is 0 Å². The predicted molar refractivity (Wildman–Crippen MR) is 72.2 cm³/mol. The van der Waals surface area contributed by atoms with Crippen molar-refractivity contribution in [1.82, 2.24) is 0 Å². The van der Waals surface area contributed by atoms with Gasteiger partial charge in [-0.25, -0.2) is 0 Å². The van der Waals surface area contributed by atoms with Crippen molar-refractivity contribution < 1.29 is 24.3 Å². The molecule has 0 amide bonds. The molecule has 0 bridgehead atoms. The lowest BCUT2D eigenvalue weighted by molar-refractivity contribution is 0.0976. The van der Waals surface area contributed by atoms with E-state index in [0.717, 1.165) is 6.07 Å². The number of hydrogen-bond acceptors (Lipinski definition) is 5. The van der Waals surface area contributed by atoms with Gasteiger partial charge in [-0.1, -0.05) is 6.07 Å². The fourth-order valence-corrected chi connectivity index (χ4v) is 2.44. The highest BCUT2D eigenvalue weighted by Crippen LogP contribution is 2.33. The molecule has 5 heteroatoms. The highest BCUT2D eigenvalue weighted by atomic mass is 16.3. The summed E-state index contributed by atoms with van der Waals surface area (Å²) in [7, 11) is 0. The van der Waals surface area contributed by atoms with Gasteiger partial charge in [-0.3, -0.25) is 19.2 Å². The summed E-state index contributed by atoms with van der Waals surface area (Å²) in [5.74, 6) is -1.43. The predicted octanol–water partition coefficient (Wildman–Crippen LogP) is 1.79. The molecule has 102 valence electrons. The van der Waals surface area contributed by atoms with Crippen LogP contribution in [0.25, 0.3) is 0 Å². The summed E-state index contributed by atoms with van der Waals surface area (Å²) in [6.07, 6.45) is 1.06. The van der Waals surface area contributed by atoms with Crippen molar-refractivity contribution in [2.75, 3.05) is 0 Å². The molecule has 0 atom stereocenters. The molecule has 2 aromatic carbocycles. The average Bonchev–Trinajstić information content (AvgIpc) is 2.51. The zero-order chi connectivity index (χ0) is 15.1. The molecule has 3 rings (SSSR count). The topological polar surface area (TPSA) is 88.5 Å². The van der Waals surface area contributed by atoms with Crippen LogP contribution in [0.4, 0.5) is 0 Å². The van der Waals surface area contributed by atoms with Gasteiger partial charge in [0, 0.05) is 27.8 Å². The number of aromatic hydroxyl groups is 1. The maximum atomic E-state index is 12.4. The van der Waals surface area contributed by atoms with Crippen LogP contribution in [0.1, 0.15) is 52.6 Å². The van der Waals surface area contributed by atoms with E-state index in [2.05, 4.69) is 0 Å². The summed E-state index contributed by atoms with van der Waals surface area (Å²) in [4.78, 5) is 46.4. The summed E-state index contributed by atoms with van der Waals surface area (Å²) in [5, 5.41) is 9.91. The molecule has 0 aromatic heterocycles. The van der Waals surface area contributed by atoms with Gasteiger partial charge in [0.05, 0.1) is 5.56 Å². The van der Waals surface area contributed by atoms with Crippen molar-refractivity contribution in [1.29, 1.82) is 0 Å². The number of rotatable bonds is 2. The molecular weight excluding hydrogens is 272 g/mol. The van der Waals surface area contributed by atoms with E-state index < -0.39 is 17.3 Å². The van der Waals surface area contributed by atoms with Crippen molar-refractivity contribution in [2.24, 2.45) is 0 Å². The van der Waals surface area contributed by atoms with E-state index in [1.165, 1.54) is 24.3 Å². The number of phenolic OH excluding ortho intramolecular Hbond substituents is 1. The summed E-state index contributed by atoms with van der Waals surface area (Å²) >= 11 is 0. The summed E-state index contributed by atoms with van der Waals surface area (Å²) < 4.78 is 0. The van der Waals surface area contributed by atoms with E-state index in [1.54, 1.807) is 0 Å². The lowest BCUT2D eigenvalue weighted by Gasteiger charge is -2.18. The van der Waals surface area contributed by atoms with Crippen LogP contribution in [0.5, 0.6) is 5.75 Å². The smallest absolute Gasteiger partial charge is 0.198 e. The Labute approximate surface area is 118 Å². The number of benzene rings is 2. The van der Waals surface area contributed by atoms with Gasteiger partial charge < -0.3 is 5.11 Å². The van der Waals surface area contributed by atoms with Crippen LogP contribution in [-0.2, 0) is 0 Å². The maximum absolute atomic E-state index is 12.4. The molecule has 1 N–H and O–H groups in total. The van der Waals surface area contributed by atoms with Crippen LogP contribution >= 0.6 is 0 Å². The van der Waals surface area contributed by atoms with Crippen molar-refractivity contribution >= 4 is 24.1 Å². The third-order valence-electron chi connectivity index (χ3n) is 3.42. The second-order valence-corrected chi connectivity index (χ2v) is 4.66. The minimum absolute atomic E-state index is 0.00606. The largest absolute Gasteiger partial charge is 0.507 e. The molecule has 0 spiro atoms. The lowest BCUT2D eigenvalue weighted by Crippen LogP contribution is -2.21. The second-order valence-electron chi connectivity index (χ2n) is 4.66. The van der Waals surface area contributed by atoms with E-state index in [9.17, 15) is 24.3 Å². The highest BCUT2D eigenvalue weighted by molar-refractivity contribution is 6.29. The van der Waals surface area contributed by atoms with Crippen LogP contribution in [-0.4, -0.2) is 29.2 Å². The summed E-state index contributed by atoms with van der Waals surface area (Å²) in [5.41, 5.74) is 0.462. The monoisotopic (exact) mass is 280 g/mol. The molecule has 0 saturated carbocycles. The first-order valence-electron chi connectivity index (χ1n) is 6.07. The number of phenols is 1. The number of fused-ring (bicyclic) bond motifs is 2. The van der Waals surface area contributed by atoms with Crippen LogP contribution in [0.3, 0.4) is 0 Å². The van der Waals surface area contributed by atoms with Crippen LogP contribution in [0.15, 0.2) is 30.3 Å². The fourth-order valence-electron chi connectivity index (χ4n) is 2.44. The second kappa shape index (κ2) is 4.49. The minimum atomic E-state index is -0.543. The Hall–Kier alpha value is -3.08. The summed E-state index contributed by atoms with van der Waals surface area (Å²) in [6.45, 7) is 0. The molecule has 0 heterocycles. The van der Waals surface area contributed by atoms with Crippen molar-refractivity contribution in [3.05, 3.63) is 63.7 Å². The third kappa shape index (κ3) is 1.79. The average molecular weight is 280 g/mol. The summed E-state index contributed by atoms with van der Waals surface area (Å²) in [6, 6.07) is 6.56. The zero-order valence-electron chi connectivity index (χ0n) is 10.6. The Morgan fingerprint density at radius 2 is 1.43 bits per heavy atom. The normalized spacial score (nSPS) is 12.6. The van der Waals surface area contributed by atoms with Crippen molar-refractivity contribution in [3.63, 3.8) is 0 Å². The molecule has 1 aliphatic carbocycles. The molecule has 0 fully saturated rings. The van der Waals surface area contributed by atoms with Gasteiger partial charge in [0.25, 0.3) is 0 Å². The minimum Gasteiger partial charge on any atom is -0.507 e. The molecule has 0 unspecified atom stereocenters. The molecule has 21 heavy (non-hydrogen) atoms. The molecule has 2 aromatic rings. The van der Waals surface area contributed by atoms with Crippen LogP contribution in [0, 0.1) is 0 Å². The van der Waals surface area contributed by atoms with Gasteiger partial charge in [0.1, 0.15) is 18.3 Å². The van der Waals surface area contributed by atoms with Crippen LogP contribution < -0.4 is 0 Å². The maximum Gasteiger partial charge on any atom is 0.198 e. The Balaban J connectivity index is 2.32. The first kappa shape index (κ1) is 12.9. The van der Waals surface area contributed by atoms with Gasteiger partial charge in [0.2, 0.25) is 0 Å². The molecule has 5 nitrogen and oxygen atoms in total. The van der Waals surface area contributed by atoms with Gasteiger partial charge in [-0.05, 0) is 24.3 Å². The number of carbonyl (C=O) groups excluding carboxylic acids is 4. The van der Waals surface area contributed by atoms with Gasteiger partial charge >= 0.3 is 0 Å². The number of carbonyl (C=O) groups is 4. The first-order valence-corrected chi connectivity index (χ1v) is 6.07. The Morgan fingerprint density at radius 3 is 2.10 bits per heavy atom. The Morgan fingerprint density at radius 1 is 0.762 bits per heavy atom. The van der Waals surface area contributed by atoms with E-state index in [1.807, 2.05) is 0 Å². The third-order valence-corrected chi connectivity index (χ3v) is 3.42. The highest BCUT2D eigenvalue weighted by Gasteiger charge is 2.32. The molecule has 0 aliphatic heterocycles. The van der Waals surface area contributed by atoms with Gasteiger partial charge in [0.15, 0.2) is 11.6 Å². The molecule has 0 radical (unpaired) electrons. The Bertz CT molecular complexity index is 833. The van der Waals surface area contributed by atoms with E-state index >= 15 is 0 Å². The molecular formula is C16H8O5. The zero-order valence-corrected chi connectivity index (χ0v) is 10.6. The lowest BCUT2D eigenvalue weighted by atomic mass is 9.82. The van der Waals surface area contributed by atoms with E-state index in [-0.39, 0.29) is 33.4 Å². The van der Waals surface area contributed by atoms with Crippen LogP contribution in [0.2, 0.25) is 0 Å². The number of ketones is 2.